The zero-order valence-corrected chi connectivity index (χ0v) is 16.9. The van der Waals surface area contributed by atoms with Gasteiger partial charge in [0, 0.05) is 24.4 Å². The normalized spacial score (nSPS) is 11.5. The predicted molar refractivity (Wildman–Crippen MR) is 107 cm³/mol. The largest absolute Gasteiger partial charge is 0.420 e. The van der Waals surface area contributed by atoms with Gasteiger partial charge in [0.05, 0.1) is 11.4 Å². The average molecular weight is 379 g/mol. The first-order valence-corrected chi connectivity index (χ1v) is 9.09. The van der Waals surface area contributed by atoms with E-state index in [4.69, 9.17) is 4.42 Å². The van der Waals surface area contributed by atoms with Gasteiger partial charge in [0.25, 0.3) is 11.8 Å². The molecule has 7 nitrogen and oxygen atoms in total. The van der Waals surface area contributed by atoms with Gasteiger partial charge >= 0.3 is 0 Å². The summed E-state index contributed by atoms with van der Waals surface area (Å²) in [5.41, 5.74) is 3.63. The Morgan fingerprint density at radius 3 is 2.61 bits per heavy atom. The van der Waals surface area contributed by atoms with E-state index < -0.39 is 0 Å². The van der Waals surface area contributed by atoms with Crippen molar-refractivity contribution >= 4 is 5.91 Å². The van der Waals surface area contributed by atoms with Gasteiger partial charge in [-0.15, -0.1) is 10.2 Å². The maximum atomic E-state index is 12.4. The van der Waals surface area contributed by atoms with Gasteiger partial charge in [-0.05, 0) is 31.2 Å². The molecule has 0 saturated carbocycles. The summed E-state index contributed by atoms with van der Waals surface area (Å²) in [6.45, 7) is 14.2. The van der Waals surface area contributed by atoms with Crippen molar-refractivity contribution in [2.24, 2.45) is 0 Å². The summed E-state index contributed by atoms with van der Waals surface area (Å²) in [5, 5.41) is 15.5. The Kier molecular flexibility index (Phi) is 5.18. The van der Waals surface area contributed by atoms with Gasteiger partial charge in [-0.3, -0.25) is 4.79 Å². The van der Waals surface area contributed by atoms with Crippen molar-refractivity contribution < 1.29 is 9.21 Å². The minimum atomic E-state index is -0.182. The molecule has 3 aromatic rings. The molecular weight excluding hydrogens is 354 g/mol. The number of rotatable bonds is 5. The van der Waals surface area contributed by atoms with Gasteiger partial charge in [-0.25, -0.2) is 4.68 Å². The molecule has 2 heterocycles. The third-order valence-corrected chi connectivity index (χ3v) is 4.13. The van der Waals surface area contributed by atoms with Crippen molar-refractivity contribution in [3.63, 3.8) is 0 Å². The second-order valence-corrected chi connectivity index (χ2v) is 7.89. The molecule has 0 radical (unpaired) electrons. The summed E-state index contributed by atoms with van der Waals surface area (Å²) < 4.78 is 7.36. The lowest BCUT2D eigenvalue weighted by Gasteiger charge is -2.20. The van der Waals surface area contributed by atoms with E-state index in [1.165, 1.54) is 0 Å². The van der Waals surface area contributed by atoms with Crippen LogP contribution in [0.4, 0.5) is 0 Å². The molecule has 0 aliphatic carbocycles. The Labute approximate surface area is 164 Å². The van der Waals surface area contributed by atoms with Crippen LogP contribution in [0, 0.1) is 6.92 Å². The number of hydrogen-bond acceptors (Lipinski definition) is 5. The summed E-state index contributed by atoms with van der Waals surface area (Å²) in [6, 6.07) is 9.30. The minimum absolute atomic E-state index is 0.151. The highest BCUT2D eigenvalue weighted by Gasteiger charge is 2.24. The van der Waals surface area contributed by atoms with Crippen LogP contribution >= 0.6 is 0 Å². The fourth-order valence-electron chi connectivity index (χ4n) is 2.73. The number of nitrogens with one attached hydrogen (secondary N) is 1. The SMILES string of the molecule is C=C(C)CNC(=O)c1cccc(-n2nc(-c3nnc(C)o3)cc2C(C)(C)C)c1. The van der Waals surface area contributed by atoms with Crippen molar-refractivity contribution in [3.05, 3.63) is 59.6 Å². The molecule has 0 fully saturated rings. The molecule has 0 saturated heterocycles. The Hall–Kier alpha value is -3.22. The Balaban J connectivity index is 2.03. The molecule has 0 bridgehead atoms. The van der Waals surface area contributed by atoms with Crippen molar-refractivity contribution in [1.82, 2.24) is 25.3 Å². The summed E-state index contributed by atoms with van der Waals surface area (Å²) in [6.07, 6.45) is 0. The molecular formula is C21H25N5O2. The van der Waals surface area contributed by atoms with E-state index in [0.717, 1.165) is 17.0 Å². The van der Waals surface area contributed by atoms with Crippen molar-refractivity contribution in [1.29, 1.82) is 0 Å². The van der Waals surface area contributed by atoms with Crippen LogP contribution in [0.1, 0.15) is 49.6 Å². The van der Waals surface area contributed by atoms with Gasteiger partial charge < -0.3 is 9.73 Å². The number of benzene rings is 1. The smallest absolute Gasteiger partial charge is 0.268 e. The Morgan fingerprint density at radius 1 is 1.25 bits per heavy atom. The predicted octanol–water partition coefficient (Wildman–Crippen LogP) is 3.83. The lowest BCUT2D eigenvalue weighted by molar-refractivity contribution is 0.0957. The number of aryl methyl sites for hydroxylation is 1. The van der Waals surface area contributed by atoms with Crippen LogP contribution in [-0.4, -0.2) is 32.4 Å². The molecule has 1 amide bonds. The van der Waals surface area contributed by atoms with Crippen molar-refractivity contribution in [2.45, 2.75) is 40.0 Å². The molecule has 0 aliphatic heterocycles. The number of carbonyl (C=O) groups is 1. The van der Waals surface area contributed by atoms with Crippen LogP contribution in [0.15, 0.2) is 46.9 Å². The van der Waals surface area contributed by atoms with E-state index in [-0.39, 0.29) is 11.3 Å². The molecule has 0 atom stereocenters. The fourth-order valence-corrected chi connectivity index (χ4v) is 2.73. The molecule has 0 aliphatic rings. The zero-order valence-electron chi connectivity index (χ0n) is 16.9. The van der Waals surface area contributed by atoms with Crippen LogP contribution in [0.25, 0.3) is 17.3 Å². The molecule has 1 aromatic carbocycles. The van der Waals surface area contributed by atoms with E-state index in [9.17, 15) is 4.79 Å². The highest BCUT2D eigenvalue weighted by atomic mass is 16.4. The number of nitrogens with zero attached hydrogens (tertiary/aromatic N) is 4. The summed E-state index contributed by atoms with van der Waals surface area (Å²) >= 11 is 0. The first-order chi connectivity index (χ1) is 13.1. The second-order valence-electron chi connectivity index (χ2n) is 7.89. The van der Waals surface area contributed by atoms with E-state index in [1.807, 2.05) is 35.9 Å². The van der Waals surface area contributed by atoms with E-state index in [2.05, 4.69) is 48.0 Å². The van der Waals surface area contributed by atoms with Gasteiger partial charge in [0.1, 0.15) is 5.69 Å². The lowest BCUT2D eigenvalue weighted by Crippen LogP contribution is -2.25. The molecule has 3 rings (SSSR count). The molecule has 2 aromatic heterocycles. The number of amides is 1. The monoisotopic (exact) mass is 379 g/mol. The summed E-state index contributed by atoms with van der Waals surface area (Å²) in [7, 11) is 0. The van der Waals surface area contributed by atoms with Crippen LogP contribution in [0.2, 0.25) is 0 Å². The van der Waals surface area contributed by atoms with Gasteiger partial charge in [-0.2, -0.15) is 5.10 Å². The van der Waals surface area contributed by atoms with E-state index >= 15 is 0 Å². The minimum Gasteiger partial charge on any atom is -0.420 e. The Morgan fingerprint density at radius 2 is 2.00 bits per heavy atom. The van der Waals surface area contributed by atoms with Crippen LogP contribution < -0.4 is 5.32 Å². The molecule has 0 spiro atoms. The van der Waals surface area contributed by atoms with Gasteiger partial charge in [0.15, 0.2) is 0 Å². The topological polar surface area (TPSA) is 85.8 Å². The van der Waals surface area contributed by atoms with Crippen LogP contribution in [-0.2, 0) is 5.41 Å². The fraction of sp³-hybridized carbons (Fsp3) is 0.333. The third-order valence-electron chi connectivity index (χ3n) is 4.13. The number of carbonyl (C=O) groups excluding carboxylic acids is 1. The van der Waals surface area contributed by atoms with E-state index in [0.29, 0.717) is 29.6 Å². The molecule has 7 heteroatoms. The molecule has 1 N–H and O–H groups in total. The maximum absolute atomic E-state index is 12.4. The van der Waals surface area contributed by atoms with Crippen LogP contribution in [0.5, 0.6) is 0 Å². The lowest BCUT2D eigenvalue weighted by atomic mass is 9.91. The molecule has 146 valence electrons. The summed E-state index contributed by atoms with van der Waals surface area (Å²) in [4.78, 5) is 12.4. The zero-order chi connectivity index (χ0) is 20.5. The quantitative estimate of drug-likeness (QED) is 0.681. The first kappa shape index (κ1) is 19.5. The highest BCUT2D eigenvalue weighted by Crippen LogP contribution is 2.29. The molecule has 28 heavy (non-hydrogen) atoms. The molecule has 0 unspecified atom stereocenters. The Bertz CT molecular complexity index is 1020. The van der Waals surface area contributed by atoms with Crippen molar-refractivity contribution in [2.75, 3.05) is 6.54 Å². The average Bonchev–Trinajstić information content (AvgIpc) is 3.26. The second kappa shape index (κ2) is 7.42. The third kappa shape index (κ3) is 4.19. The standard InChI is InChI=1S/C21H25N5O2/c1-13(2)12-22-19(27)15-8-7-9-16(10-15)26-18(21(4,5)6)11-17(25-26)20-24-23-14(3)28-20/h7-11H,1,12H2,2-6H3,(H,22,27). The first-order valence-electron chi connectivity index (χ1n) is 9.09. The highest BCUT2D eigenvalue weighted by molar-refractivity contribution is 5.94. The summed E-state index contributed by atoms with van der Waals surface area (Å²) in [5.74, 6) is 0.706. The number of aromatic nitrogens is 4. The number of hydrogen-bond donors (Lipinski definition) is 1. The maximum Gasteiger partial charge on any atom is 0.268 e. The van der Waals surface area contributed by atoms with Crippen molar-refractivity contribution in [3.8, 4) is 17.3 Å². The van der Waals surface area contributed by atoms with Crippen LogP contribution in [0.3, 0.4) is 0 Å². The van der Waals surface area contributed by atoms with E-state index in [1.54, 1.807) is 13.0 Å². The van der Waals surface area contributed by atoms with Gasteiger partial charge in [-0.1, -0.05) is 39.0 Å². The van der Waals surface area contributed by atoms with Gasteiger partial charge in [0.2, 0.25) is 5.89 Å².